The largest absolute Gasteiger partial charge is 0.347 e. The van der Waals surface area contributed by atoms with Gasteiger partial charge in [-0.15, -0.1) is 0 Å². The van der Waals surface area contributed by atoms with Gasteiger partial charge in [-0.2, -0.15) is 0 Å². The number of nitrogens with two attached hydrogens (primary N) is 1. The van der Waals surface area contributed by atoms with Crippen molar-refractivity contribution in [1.82, 2.24) is 15.3 Å². The molecule has 1 fully saturated rings. The molecule has 3 unspecified atom stereocenters. The lowest BCUT2D eigenvalue weighted by Crippen LogP contribution is -2.37. The van der Waals surface area contributed by atoms with E-state index in [2.05, 4.69) is 15.3 Å². The van der Waals surface area contributed by atoms with Gasteiger partial charge in [0.1, 0.15) is 5.82 Å². The number of nitrogens with one attached hydrogen (secondary N) is 2. The van der Waals surface area contributed by atoms with Crippen LogP contribution in [0.4, 0.5) is 0 Å². The Bertz CT molecular complexity index is 376. The molecule has 1 amide bonds. The zero-order valence-electron chi connectivity index (χ0n) is 10.9. The van der Waals surface area contributed by atoms with E-state index in [1.54, 1.807) is 12.4 Å². The van der Waals surface area contributed by atoms with Gasteiger partial charge >= 0.3 is 0 Å². The quantitative estimate of drug-likeness (QED) is 0.737. The Morgan fingerprint density at radius 1 is 1.67 bits per heavy atom. The first-order valence-electron chi connectivity index (χ1n) is 6.76. The van der Waals surface area contributed by atoms with Crippen molar-refractivity contribution in [2.75, 3.05) is 6.54 Å². The summed E-state index contributed by atoms with van der Waals surface area (Å²) in [4.78, 5) is 19.5. The minimum atomic E-state index is -0.0217. The summed E-state index contributed by atoms with van der Waals surface area (Å²) >= 11 is 0. The summed E-state index contributed by atoms with van der Waals surface area (Å²) in [6.07, 6.45) is 7.47. The molecule has 18 heavy (non-hydrogen) atoms. The fourth-order valence-electron chi connectivity index (χ4n) is 2.77. The molecule has 1 aromatic heterocycles. The molecule has 5 heteroatoms. The Balaban J connectivity index is 1.97. The van der Waals surface area contributed by atoms with E-state index < -0.39 is 0 Å². The van der Waals surface area contributed by atoms with E-state index in [1.165, 1.54) is 0 Å². The van der Waals surface area contributed by atoms with Crippen molar-refractivity contribution in [3.63, 3.8) is 0 Å². The van der Waals surface area contributed by atoms with E-state index in [-0.39, 0.29) is 17.9 Å². The van der Waals surface area contributed by atoms with Crippen molar-refractivity contribution in [3.8, 4) is 0 Å². The number of amides is 1. The van der Waals surface area contributed by atoms with Gasteiger partial charge in [0.2, 0.25) is 5.91 Å². The molecule has 0 spiro atoms. The Labute approximate surface area is 108 Å². The molecular formula is C13H22N4O. The highest BCUT2D eigenvalue weighted by Gasteiger charge is 2.33. The van der Waals surface area contributed by atoms with Gasteiger partial charge in [-0.1, -0.05) is 13.3 Å². The molecule has 4 N–H and O–H groups in total. The first kappa shape index (κ1) is 13.1. The minimum absolute atomic E-state index is 0.0217. The van der Waals surface area contributed by atoms with Gasteiger partial charge in [-0.3, -0.25) is 4.79 Å². The lowest BCUT2D eigenvalue weighted by atomic mass is 9.95. The Morgan fingerprint density at radius 2 is 2.50 bits per heavy atom. The molecule has 1 heterocycles. The topological polar surface area (TPSA) is 83.8 Å². The number of hydrogen-bond acceptors (Lipinski definition) is 3. The number of carbonyl (C=O) groups is 1. The van der Waals surface area contributed by atoms with E-state index >= 15 is 0 Å². The summed E-state index contributed by atoms with van der Waals surface area (Å²) in [5.41, 5.74) is 5.72. The standard InChI is InChI=1S/C13H22N4O/c1-2-11(12-15-6-7-16-12)17-13(18)10-5-3-4-9(10)8-14/h6-7,9-11H,2-5,8,14H2,1H3,(H,15,16)(H,17,18). The highest BCUT2D eigenvalue weighted by molar-refractivity contribution is 5.79. The normalized spacial score (nSPS) is 25.0. The second-order valence-corrected chi connectivity index (χ2v) is 4.98. The van der Waals surface area contributed by atoms with Gasteiger partial charge in [-0.05, 0) is 31.7 Å². The third-order valence-corrected chi connectivity index (χ3v) is 3.87. The molecular weight excluding hydrogens is 228 g/mol. The van der Waals surface area contributed by atoms with Gasteiger partial charge in [-0.25, -0.2) is 4.98 Å². The molecule has 5 nitrogen and oxygen atoms in total. The molecule has 0 radical (unpaired) electrons. The monoisotopic (exact) mass is 250 g/mol. The van der Waals surface area contributed by atoms with Gasteiger partial charge in [0.05, 0.1) is 6.04 Å². The van der Waals surface area contributed by atoms with Crippen LogP contribution >= 0.6 is 0 Å². The van der Waals surface area contributed by atoms with Crippen LogP contribution < -0.4 is 11.1 Å². The van der Waals surface area contributed by atoms with E-state index in [0.29, 0.717) is 12.5 Å². The Hall–Kier alpha value is -1.36. The van der Waals surface area contributed by atoms with Crippen molar-refractivity contribution in [3.05, 3.63) is 18.2 Å². The first-order chi connectivity index (χ1) is 8.76. The number of H-pyrrole nitrogens is 1. The van der Waals surface area contributed by atoms with Crippen molar-refractivity contribution < 1.29 is 4.79 Å². The first-order valence-corrected chi connectivity index (χ1v) is 6.76. The molecule has 3 atom stereocenters. The predicted molar refractivity (Wildman–Crippen MR) is 69.6 cm³/mol. The van der Waals surface area contributed by atoms with Crippen LogP contribution in [0.5, 0.6) is 0 Å². The zero-order chi connectivity index (χ0) is 13.0. The molecule has 2 rings (SSSR count). The van der Waals surface area contributed by atoms with E-state index in [1.807, 2.05) is 6.92 Å². The average Bonchev–Trinajstić information content (AvgIpc) is 3.05. The van der Waals surface area contributed by atoms with Crippen LogP contribution in [0.1, 0.15) is 44.5 Å². The number of nitrogens with zero attached hydrogens (tertiary/aromatic N) is 1. The number of imidazole rings is 1. The summed E-state index contributed by atoms with van der Waals surface area (Å²) in [6, 6.07) is -0.0217. The fourth-order valence-corrected chi connectivity index (χ4v) is 2.77. The summed E-state index contributed by atoms with van der Waals surface area (Å²) in [6.45, 7) is 2.65. The number of hydrogen-bond donors (Lipinski definition) is 3. The van der Waals surface area contributed by atoms with Crippen molar-refractivity contribution in [2.45, 2.75) is 38.6 Å². The van der Waals surface area contributed by atoms with Gasteiger partial charge in [0.25, 0.3) is 0 Å². The van der Waals surface area contributed by atoms with Crippen molar-refractivity contribution in [2.24, 2.45) is 17.6 Å². The van der Waals surface area contributed by atoms with Crippen LogP contribution in [0.3, 0.4) is 0 Å². The molecule has 1 aliphatic carbocycles. The SMILES string of the molecule is CCC(NC(=O)C1CCCC1CN)c1ncc[nH]1. The van der Waals surface area contributed by atoms with Crippen molar-refractivity contribution in [1.29, 1.82) is 0 Å². The second-order valence-electron chi connectivity index (χ2n) is 4.98. The lowest BCUT2D eigenvalue weighted by Gasteiger charge is -2.21. The lowest BCUT2D eigenvalue weighted by molar-refractivity contribution is -0.126. The van der Waals surface area contributed by atoms with Crippen LogP contribution in [0.25, 0.3) is 0 Å². The predicted octanol–water partition coefficient (Wildman–Crippen LogP) is 1.35. The molecule has 0 aromatic carbocycles. The van der Waals surface area contributed by atoms with Gasteiger partial charge in [0, 0.05) is 18.3 Å². The van der Waals surface area contributed by atoms with E-state index in [4.69, 9.17) is 5.73 Å². The molecule has 1 saturated carbocycles. The fraction of sp³-hybridized carbons (Fsp3) is 0.692. The molecule has 100 valence electrons. The summed E-state index contributed by atoms with van der Waals surface area (Å²) in [5.74, 6) is 1.39. The number of aromatic amines is 1. The maximum atomic E-state index is 12.3. The van der Waals surface area contributed by atoms with Crippen LogP contribution in [-0.4, -0.2) is 22.4 Å². The molecule has 0 aliphatic heterocycles. The third kappa shape index (κ3) is 2.72. The van der Waals surface area contributed by atoms with Crippen LogP contribution in [-0.2, 0) is 4.79 Å². The number of carbonyl (C=O) groups excluding carboxylic acids is 1. The average molecular weight is 250 g/mol. The third-order valence-electron chi connectivity index (χ3n) is 3.87. The number of rotatable bonds is 5. The summed E-state index contributed by atoms with van der Waals surface area (Å²) < 4.78 is 0. The van der Waals surface area contributed by atoms with Crippen LogP contribution in [0.15, 0.2) is 12.4 Å². The maximum absolute atomic E-state index is 12.3. The van der Waals surface area contributed by atoms with Crippen LogP contribution in [0, 0.1) is 11.8 Å². The maximum Gasteiger partial charge on any atom is 0.224 e. The minimum Gasteiger partial charge on any atom is -0.347 e. The highest BCUT2D eigenvalue weighted by atomic mass is 16.2. The second kappa shape index (κ2) is 6.00. The molecule has 1 aromatic rings. The smallest absolute Gasteiger partial charge is 0.224 e. The summed E-state index contributed by atoms with van der Waals surface area (Å²) in [7, 11) is 0. The van der Waals surface area contributed by atoms with Crippen molar-refractivity contribution >= 4 is 5.91 Å². The Morgan fingerprint density at radius 3 is 3.11 bits per heavy atom. The van der Waals surface area contributed by atoms with Crippen LogP contribution in [0.2, 0.25) is 0 Å². The zero-order valence-corrected chi connectivity index (χ0v) is 10.9. The Kier molecular flexibility index (Phi) is 4.36. The summed E-state index contributed by atoms with van der Waals surface area (Å²) in [5, 5.41) is 3.09. The van der Waals surface area contributed by atoms with Gasteiger partial charge in [0.15, 0.2) is 0 Å². The molecule has 0 bridgehead atoms. The van der Waals surface area contributed by atoms with E-state index in [0.717, 1.165) is 31.5 Å². The highest BCUT2D eigenvalue weighted by Crippen LogP contribution is 2.31. The van der Waals surface area contributed by atoms with E-state index in [9.17, 15) is 4.79 Å². The van der Waals surface area contributed by atoms with Gasteiger partial charge < -0.3 is 16.0 Å². The number of aromatic nitrogens is 2. The molecule has 0 saturated heterocycles. The molecule has 1 aliphatic rings.